The maximum atomic E-state index is 3.28. The van der Waals surface area contributed by atoms with Gasteiger partial charge >= 0.3 is 0 Å². The minimum atomic E-state index is 0. The van der Waals surface area contributed by atoms with Gasteiger partial charge in [0.15, 0.2) is 0 Å². The second-order valence-corrected chi connectivity index (χ2v) is 1.81. The van der Waals surface area contributed by atoms with Gasteiger partial charge < -0.3 is 10.8 Å². The predicted molar refractivity (Wildman–Crippen MR) is 36.1 cm³/mol. The molecule has 3 heteroatoms. The molecule has 1 fully saturated rings. The molecule has 0 spiro atoms. The number of hydrogen-bond donors (Lipinski definition) is 1. The van der Waals surface area contributed by atoms with E-state index in [1.807, 2.05) is 0 Å². The summed E-state index contributed by atoms with van der Waals surface area (Å²) in [7, 11) is 0. The third-order valence-corrected chi connectivity index (χ3v) is 1.21. The summed E-state index contributed by atoms with van der Waals surface area (Å²) in [5, 5.41) is 3.28. The molecule has 0 unspecified atom stereocenters. The molecule has 1 aliphatic heterocycles. The van der Waals surface area contributed by atoms with E-state index in [2.05, 4.69) is 5.32 Å². The van der Waals surface area contributed by atoms with E-state index in [1.54, 1.807) is 0 Å². The van der Waals surface area contributed by atoms with E-state index >= 15 is 0 Å². The lowest BCUT2D eigenvalue weighted by Gasteiger charge is -2.08. The van der Waals surface area contributed by atoms with E-state index in [0.29, 0.717) is 0 Å². The van der Waals surface area contributed by atoms with E-state index in [9.17, 15) is 0 Å². The lowest BCUT2D eigenvalue weighted by molar-refractivity contribution is 0.520. The minimum Gasteiger partial charge on any atom is -0.412 e. The van der Waals surface area contributed by atoms with E-state index in [1.165, 1.54) is 32.4 Å². The molecule has 3 N–H and O–H groups in total. The quantitative estimate of drug-likeness (QED) is 0.426. The first kappa shape index (κ1) is 10.9. The van der Waals surface area contributed by atoms with Crippen molar-refractivity contribution in [3.05, 3.63) is 0 Å². The van der Waals surface area contributed by atoms with E-state index in [0.717, 1.165) is 0 Å². The van der Waals surface area contributed by atoms with Crippen molar-refractivity contribution in [2.45, 2.75) is 19.3 Å². The lowest BCUT2D eigenvalue weighted by atomic mass is 10.2. The topological polar surface area (TPSA) is 43.5 Å². The molecule has 8 heavy (non-hydrogen) atoms. The van der Waals surface area contributed by atoms with Gasteiger partial charge in [0.2, 0.25) is 0 Å². The molecule has 0 amide bonds. The summed E-state index contributed by atoms with van der Waals surface area (Å²) in [5.74, 6) is 0. The van der Waals surface area contributed by atoms with Gasteiger partial charge in [0.05, 0.1) is 0 Å². The van der Waals surface area contributed by atoms with Crippen LogP contribution in [0.2, 0.25) is 0 Å². The van der Waals surface area contributed by atoms with E-state index in [-0.39, 0.29) is 13.9 Å². The third-order valence-electron chi connectivity index (χ3n) is 1.21. The van der Waals surface area contributed by atoms with Gasteiger partial charge in [0.25, 0.3) is 0 Å². The molecular formula is C5H13BNO. The van der Waals surface area contributed by atoms with Crippen molar-refractivity contribution >= 4 is 8.41 Å². The number of hydrogen-bond acceptors (Lipinski definition) is 1. The molecule has 1 saturated heterocycles. The Morgan fingerprint density at radius 1 is 0.875 bits per heavy atom. The third kappa shape index (κ3) is 4.15. The molecule has 1 aliphatic rings. The maximum Gasteiger partial charge on any atom is 0 e. The van der Waals surface area contributed by atoms with Crippen molar-refractivity contribution in [1.82, 2.24) is 5.32 Å². The van der Waals surface area contributed by atoms with Crippen LogP contribution in [0.4, 0.5) is 0 Å². The number of rotatable bonds is 0. The highest BCUT2D eigenvalue weighted by atomic mass is 16.0. The first-order valence-electron chi connectivity index (χ1n) is 2.71. The van der Waals surface area contributed by atoms with Gasteiger partial charge in [-0.2, -0.15) is 0 Å². The summed E-state index contributed by atoms with van der Waals surface area (Å²) in [6.07, 6.45) is 4.22. The fraction of sp³-hybridized carbons (Fsp3) is 1.00. The van der Waals surface area contributed by atoms with Gasteiger partial charge in [-0.05, 0) is 25.9 Å². The van der Waals surface area contributed by atoms with Crippen LogP contribution >= 0.6 is 0 Å². The van der Waals surface area contributed by atoms with Crippen molar-refractivity contribution in [1.29, 1.82) is 0 Å². The van der Waals surface area contributed by atoms with Gasteiger partial charge in [-0.1, -0.05) is 6.42 Å². The highest BCUT2D eigenvalue weighted by Crippen LogP contribution is 1.96. The van der Waals surface area contributed by atoms with Gasteiger partial charge in [-0.3, -0.25) is 0 Å². The average molecular weight is 114 g/mol. The Bertz CT molecular complexity index is 27.9. The van der Waals surface area contributed by atoms with Gasteiger partial charge in [-0.15, -0.1) is 0 Å². The van der Waals surface area contributed by atoms with Crippen LogP contribution in [0.25, 0.3) is 0 Å². The van der Waals surface area contributed by atoms with Crippen molar-refractivity contribution in [3.63, 3.8) is 0 Å². The van der Waals surface area contributed by atoms with Crippen molar-refractivity contribution in [3.8, 4) is 0 Å². The standard InChI is InChI=1S/C5H11N.B.H2O/c1-2-4-6-5-3-1;;/h6H,1-5H2;;1H2. The molecule has 3 radical (unpaired) electrons. The van der Waals surface area contributed by atoms with Gasteiger partial charge in [0.1, 0.15) is 0 Å². The average Bonchev–Trinajstić information content (AvgIpc) is 1.72. The zero-order valence-electron chi connectivity index (χ0n) is 5.11. The monoisotopic (exact) mass is 114 g/mol. The van der Waals surface area contributed by atoms with Crippen molar-refractivity contribution < 1.29 is 5.48 Å². The summed E-state index contributed by atoms with van der Waals surface area (Å²) in [6.45, 7) is 2.50. The summed E-state index contributed by atoms with van der Waals surface area (Å²) < 4.78 is 0. The molecule has 0 aromatic carbocycles. The van der Waals surface area contributed by atoms with Gasteiger partial charge in [-0.25, -0.2) is 0 Å². The molecule has 1 rings (SSSR count). The zero-order chi connectivity index (χ0) is 4.24. The Kier molecular flexibility index (Phi) is 9.50. The first-order valence-corrected chi connectivity index (χ1v) is 2.71. The maximum absolute atomic E-state index is 3.28. The van der Waals surface area contributed by atoms with Crippen molar-refractivity contribution in [2.75, 3.05) is 13.1 Å². The molecule has 0 aliphatic carbocycles. The zero-order valence-corrected chi connectivity index (χ0v) is 5.11. The van der Waals surface area contributed by atoms with Crippen LogP contribution in [0.3, 0.4) is 0 Å². The van der Waals surface area contributed by atoms with Crippen LogP contribution < -0.4 is 5.32 Å². The predicted octanol–water partition coefficient (Wildman–Crippen LogP) is -0.446. The molecular weight excluding hydrogens is 101 g/mol. The lowest BCUT2D eigenvalue weighted by Crippen LogP contribution is -2.21. The molecule has 2 nitrogen and oxygen atoms in total. The Hall–Kier alpha value is -0.0151. The summed E-state index contributed by atoms with van der Waals surface area (Å²) in [5.41, 5.74) is 0. The molecule has 47 valence electrons. The highest BCUT2D eigenvalue weighted by molar-refractivity contribution is 5.75. The highest BCUT2D eigenvalue weighted by Gasteiger charge is 1.93. The molecule has 1 heterocycles. The second-order valence-electron chi connectivity index (χ2n) is 1.81. The second kappa shape index (κ2) is 6.98. The smallest absolute Gasteiger partial charge is 0 e. The van der Waals surface area contributed by atoms with Crippen LogP contribution in [0.1, 0.15) is 19.3 Å². The van der Waals surface area contributed by atoms with Crippen LogP contribution in [0.5, 0.6) is 0 Å². The van der Waals surface area contributed by atoms with Gasteiger partial charge in [0, 0.05) is 8.41 Å². The molecule has 0 saturated carbocycles. The fourth-order valence-electron chi connectivity index (χ4n) is 0.802. The van der Waals surface area contributed by atoms with Crippen LogP contribution in [0, 0.1) is 0 Å². The largest absolute Gasteiger partial charge is 0.412 e. The minimum absolute atomic E-state index is 0. The Labute approximate surface area is 52.5 Å². The number of piperidine rings is 1. The van der Waals surface area contributed by atoms with Crippen LogP contribution in [0.15, 0.2) is 0 Å². The van der Waals surface area contributed by atoms with Crippen molar-refractivity contribution in [2.24, 2.45) is 0 Å². The Morgan fingerprint density at radius 2 is 1.38 bits per heavy atom. The molecule has 0 aromatic rings. The normalized spacial score (nSPS) is 18.0. The van der Waals surface area contributed by atoms with Crippen LogP contribution in [-0.4, -0.2) is 27.0 Å². The Morgan fingerprint density at radius 3 is 1.50 bits per heavy atom. The first-order chi connectivity index (χ1) is 3.00. The summed E-state index contributed by atoms with van der Waals surface area (Å²) in [6, 6.07) is 0. The molecule has 0 atom stereocenters. The van der Waals surface area contributed by atoms with E-state index in [4.69, 9.17) is 0 Å². The fourth-order valence-corrected chi connectivity index (χ4v) is 0.802. The summed E-state index contributed by atoms with van der Waals surface area (Å²) >= 11 is 0. The summed E-state index contributed by atoms with van der Waals surface area (Å²) in [4.78, 5) is 0. The molecule has 0 aromatic heterocycles. The number of nitrogens with one attached hydrogen (secondary N) is 1. The van der Waals surface area contributed by atoms with Crippen LogP contribution in [-0.2, 0) is 0 Å². The Balaban J connectivity index is 0. The molecule has 0 bridgehead atoms. The SMILES string of the molecule is C1CCNCC1.O.[B]. The van der Waals surface area contributed by atoms with E-state index < -0.39 is 0 Å².